The predicted octanol–water partition coefficient (Wildman–Crippen LogP) is 2.29. The molecule has 4 heterocycles. The van der Waals surface area contributed by atoms with Crippen LogP contribution in [0.25, 0.3) is 11.0 Å². The number of carbonyl (C=O) groups excluding carboxylic acids is 1. The highest BCUT2D eigenvalue weighted by atomic mass is 31.1. The van der Waals surface area contributed by atoms with Crippen LogP contribution in [0.3, 0.4) is 0 Å². The fraction of sp³-hybridized carbons (Fsp3) is 0.381. The molecule has 2 aliphatic heterocycles. The number of anilines is 1. The number of halogens is 1. The van der Waals surface area contributed by atoms with Crippen LogP contribution in [0.15, 0.2) is 42.9 Å². The van der Waals surface area contributed by atoms with Gasteiger partial charge in [-0.1, -0.05) is 18.2 Å². The molecule has 1 aromatic carbocycles. The molecule has 33 heavy (non-hydrogen) atoms. The Hall–Kier alpha value is -2.82. The number of carbonyl (C=O) groups is 1. The molecule has 12 heteroatoms. The maximum Gasteiger partial charge on any atom is 0.695 e. The van der Waals surface area contributed by atoms with Crippen LogP contribution in [-0.4, -0.2) is 62.0 Å². The molecule has 5 rings (SSSR count). The quantitative estimate of drug-likeness (QED) is 0.539. The maximum absolute atomic E-state index is 15.3. The Kier molecular flexibility index (Phi) is 5.90. The second-order valence-corrected chi connectivity index (χ2v) is 8.57. The molecule has 1 amide bonds. The topological polar surface area (TPSA) is 127 Å². The minimum absolute atomic E-state index is 0.197. The van der Waals surface area contributed by atoms with E-state index in [0.29, 0.717) is 41.8 Å². The summed E-state index contributed by atoms with van der Waals surface area (Å²) in [5.74, 6) is 0.232. The lowest BCUT2D eigenvalue weighted by Crippen LogP contribution is -2.32. The van der Waals surface area contributed by atoms with Gasteiger partial charge in [0.25, 0.3) is 5.91 Å². The van der Waals surface area contributed by atoms with Crippen LogP contribution < -0.4 is 4.90 Å². The van der Waals surface area contributed by atoms with Gasteiger partial charge in [0, 0.05) is 22.9 Å². The monoisotopic (exact) mass is 475 g/mol. The van der Waals surface area contributed by atoms with Gasteiger partial charge < -0.3 is 14.4 Å². The molecular weight excluding hydrogens is 454 g/mol. The van der Waals surface area contributed by atoms with Crippen molar-refractivity contribution in [3.63, 3.8) is 0 Å². The number of benzene rings is 1. The molecule has 0 bridgehead atoms. The van der Waals surface area contributed by atoms with Gasteiger partial charge in [0.1, 0.15) is 23.9 Å². The maximum atomic E-state index is 15.3. The molecule has 3 aromatic rings. The summed E-state index contributed by atoms with van der Waals surface area (Å²) in [6, 6.07) is 8.88. The molecule has 0 spiro atoms. The molecule has 2 N–H and O–H groups in total. The summed E-state index contributed by atoms with van der Waals surface area (Å²) in [5.41, 5.74) is 1.72. The van der Waals surface area contributed by atoms with Gasteiger partial charge in [-0.05, 0) is 30.5 Å². The number of ether oxygens (including phenoxy) is 1. The van der Waals surface area contributed by atoms with E-state index in [2.05, 4.69) is 9.97 Å². The summed E-state index contributed by atoms with van der Waals surface area (Å²) >= 11 is 0. The standard InChI is InChI=1S/C21H20FN4O6P/c22-16-17(32-33(29)30)14(10-27)31-21(16)26-9-13-7-4-8-25(18-15(13)19(26)24-11-23-18)20(28)12-5-2-1-3-6-12/h1-3,5-6,9,11,14,16-17,21,27H,4,7-8,10H2/p+1/t14-,16+,17?,21-/m1/s1. The van der Waals surface area contributed by atoms with Crippen LogP contribution in [0.1, 0.15) is 28.6 Å². The first-order valence-electron chi connectivity index (χ1n) is 10.4. The van der Waals surface area contributed by atoms with Crippen LogP contribution in [0, 0.1) is 0 Å². The fourth-order valence-corrected chi connectivity index (χ4v) is 4.96. The van der Waals surface area contributed by atoms with E-state index in [1.165, 1.54) is 10.9 Å². The van der Waals surface area contributed by atoms with Crippen molar-refractivity contribution < 1.29 is 33.0 Å². The zero-order chi connectivity index (χ0) is 23.1. The second-order valence-electron chi connectivity index (χ2n) is 7.88. The normalized spacial score (nSPS) is 25.3. The van der Waals surface area contributed by atoms with Crippen molar-refractivity contribution in [1.29, 1.82) is 0 Å². The van der Waals surface area contributed by atoms with Crippen molar-refractivity contribution in [2.75, 3.05) is 18.1 Å². The Balaban J connectivity index is 1.57. The van der Waals surface area contributed by atoms with Gasteiger partial charge in [-0.15, -0.1) is 9.42 Å². The van der Waals surface area contributed by atoms with Crippen molar-refractivity contribution in [3.8, 4) is 0 Å². The minimum atomic E-state index is -3.09. The van der Waals surface area contributed by atoms with E-state index < -0.39 is 39.5 Å². The molecule has 2 aromatic heterocycles. The van der Waals surface area contributed by atoms with Gasteiger partial charge in [-0.3, -0.25) is 9.69 Å². The van der Waals surface area contributed by atoms with E-state index in [0.717, 1.165) is 5.56 Å². The van der Waals surface area contributed by atoms with E-state index in [-0.39, 0.29) is 5.91 Å². The Bertz CT molecular complexity index is 1210. The smallest absolute Gasteiger partial charge is 0.394 e. The molecule has 0 radical (unpaired) electrons. The highest BCUT2D eigenvalue weighted by Crippen LogP contribution is 2.41. The molecule has 0 aliphatic carbocycles. The van der Waals surface area contributed by atoms with Crippen molar-refractivity contribution >= 4 is 31.0 Å². The lowest BCUT2D eigenvalue weighted by molar-refractivity contribution is -0.0434. The van der Waals surface area contributed by atoms with E-state index in [1.807, 2.05) is 6.07 Å². The second kappa shape index (κ2) is 8.85. The van der Waals surface area contributed by atoms with Crippen LogP contribution in [0.5, 0.6) is 0 Å². The molecule has 0 saturated carbocycles. The van der Waals surface area contributed by atoms with E-state index in [9.17, 15) is 14.5 Å². The third-order valence-electron chi connectivity index (χ3n) is 5.95. The summed E-state index contributed by atoms with van der Waals surface area (Å²) in [5, 5.41) is 10.2. The number of hydrogen-bond donors (Lipinski definition) is 2. The van der Waals surface area contributed by atoms with Gasteiger partial charge in [-0.2, -0.15) is 0 Å². The van der Waals surface area contributed by atoms with Gasteiger partial charge >= 0.3 is 8.25 Å². The molecule has 1 saturated heterocycles. The molecule has 172 valence electrons. The number of rotatable bonds is 5. The summed E-state index contributed by atoms with van der Waals surface area (Å²) in [4.78, 5) is 32.6. The van der Waals surface area contributed by atoms with Crippen LogP contribution in [0.4, 0.5) is 10.2 Å². The molecule has 10 nitrogen and oxygen atoms in total. The number of alkyl halides is 1. The van der Waals surface area contributed by atoms with Crippen molar-refractivity contribution in [3.05, 3.63) is 54.0 Å². The number of aliphatic hydroxyl groups is 1. The lowest BCUT2D eigenvalue weighted by Gasteiger charge is -2.21. The average molecular weight is 475 g/mol. The Labute approximate surface area is 188 Å². The van der Waals surface area contributed by atoms with Gasteiger partial charge in [0.05, 0.1) is 12.0 Å². The third kappa shape index (κ3) is 3.81. The van der Waals surface area contributed by atoms with Crippen molar-refractivity contribution in [2.45, 2.75) is 37.4 Å². The molecule has 5 atom stereocenters. The summed E-state index contributed by atoms with van der Waals surface area (Å²) in [7, 11) is -3.09. The first-order valence-corrected chi connectivity index (χ1v) is 11.6. The number of amides is 1. The highest BCUT2D eigenvalue weighted by molar-refractivity contribution is 7.32. The number of aliphatic hydroxyl groups excluding tert-OH is 1. The number of nitrogens with zero attached hydrogens (tertiary/aromatic N) is 4. The summed E-state index contributed by atoms with van der Waals surface area (Å²) in [6.07, 6.45) is -1.33. The minimum Gasteiger partial charge on any atom is -0.394 e. The summed E-state index contributed by atoms with van der Waals surface area (Å²) in [6.45, 7) is -0.122. The molecule has 2 aliphatic rings. The number of aromatic nitrogens is 3. The zero-order valence-electron chi connectivity index (χ0n) is 17.3. The number of aryl methyl sites for hydroxylation is 1. The average Bonchev–Trinajstić information content (AvgIpc) is 3.26. The molecular formula is C21H21FN4O6P+. The van der Waals surface area contributed by atoms with E-state index >= 15 is 4.39 Å². The van der Waals surface area contributed by atoms with E-state index in [4.69, 9.17) is 14.2 Å². The Morgan fingerprint density at radius 1 is 1.30 bits per heavy atom. The van der Waals surface area contributed by atoms with Gasteiger partial charge in [0.15, 0.2) is 18.5 Å². The predicted molar refractivity (Wildman–Crippen MR) is 115 cm³/mol. The summed E-state index contributed by atoms with van der Waals surface area (Å²) < 4.78 is 38.3. The van der Waals surface area contributed by atoms with Crippen LogP contribution in [-0.2, 0) is 20.2 Å². The van der Waals surface area contributed by atoms with Crippen LogP contribution >= 0.6 is 8.25 Å². The molecule has 1 fully saturated rings. The van der Waals surface area contributed by atoms with Crippen molar-refractivity contribution in [2.24, 2.45) is 0 Å². The Morgan fingerprint density at radius 2 is 2.09 bits per heavy atom. The largest absolute Gasteiger partial charge is 0.695 e. The van der Waals surface area contributed by atoms with Crippen molar-refractivity contribution in [1.82, 2.24) is 14.5 Å². The number of hydrogen-bond acceptors (Lipinski definition) is 7. The SMILES string of the molecule is O=C(c1ccccc1)N1CCCc2cn([C@@H]3O[C@H](CO)C(O[P+](=O)O)[C@@H]3F)c3ncnc1c23. The van der Waals surface area contributed by atoms with Gasteiger partial charge in [-0.25, -0.2) is 14.4 Å². The lowest BCUT2D eigenvalue weighted by atomic mass is 10.1. The third-order valence-corrected chi connectivity index (χ3v) is 6.37. The Morgan fingerprint density at radius 3 is 2.82 bits per heavy atom. The first-order chi connectivity index (χ1) is 16.0. The zero-order valence-corrected chi connectivity index (χ0v) is 18.2. The first kappa shape index (κ1) is 22.0. The molecule has 2 unspecified atom stereocenters. The highest BCUT2D eigenvalue weighted by Gasteiger charge is 2.51. The van der Waals surface area contributed by atoms with Crippen LogP contribution in [0.2, 0.25) is 0 Å². The van der Waals surface area contributed by atoms with E-state index in [1.54, 1.807) is 35.4 Å². The fourth-order valence-electron chi connectivity index (χ4n) is 4.49. The van der Waals surface area contributed by atoms with Gasteiger partial charge in [0.2, 0.25) is 0 Å².